The molecule has 1 aliphatic heterocycles. The number of amides is 1. The molecule has 1 fully saturated rings. The first-order chi connectivity index (χ1) is 15.9. The second kappa shape index (κ2) is 10.1. The fourth-order valence-electron chi connectivity index (χ4n) is 4.25. The normalized spacial score (nSPS) is 15.6. The van der Waals surface area contributed by atoms with Gasteiger partial charge in [0, 0.05) is 11.6 Å². The molecule has 1 N–H and O–H groups in total. The van der Waals surface area contributed by atoms with Gasteiger partial charge in [-0.15, -0.1) is 0 Å². The van der Waals surface area contributed by atoms with Crippen LogP contribution in [0.1, 0.15) is 51.8 Å². The highest BCUT2D eigenvalue weighted by molar-refractivity contribution is 6.30. The fraction of sp³-hybridized carbons (Fsp3) is 0.269. The second-order valence-corrected chi connectivity index (χ2v) is 8.65. The van der Waals surface area contributed by atoms with Crippen LogP contribution in [0, 0.1) is 5.82 Å². The smallest absolute Gasteiger partial charge is 0.337 e. The summed E-state index contributed by atoms with van der Waals surface area (Å²) in [7, 11) is 0. The summed E-state index contributed by atoms with van der Waals surface area (Å²) in [6.07, 6.45) is 2.87. The standard InChI is InChI=1S/C26H24ClFN2O3/c27-19-8-3-18(4-9-19)16-25(31)30-15-1-2-24(30)23-14-12-21(26(32)33)22(29-23)13-7-17-5-10-20(28)11-6-17/h3-6,8-12,14,24H,1-2,7,13,15-16H2,(H,32,33)/t24-/m0/s1. The summed E-state index contributed by atoms with van der Waals surface area (Å²) in [4.78, 5) is 31.3. The van der Waals surface area contributed by atoms with Gasteiger partial charge < -0.3 is 10.0 Å². The van der Waals surface area contributed by atoms with Crippen LogP contribution in [0.2, 0.25) is 5.02 Å². The molecule has 1 saturated heterocycles. The molecule has 0 unspecified atom stereocenters. The van der Waals surface area contributed by atoms with Crippen molar-refractivity contribution in [1.29, 1.82) is 0 Å². The number of pyridine rings is 1. The van der Waals surface area contributed by atoms with Gasteiger partial charge in [0.25, 0.3) is 0 Å². The molecular weight excluding hydrogens is 443 g/mol. The summed E-state index contributed by atoms with van der Waals surface area (Å²) in [6.45, 7) is 0.643. The molecule has 2 aromatic carbocycles. The lowest BCUT2D eigenvalue weighted by Gasteiger charge is -2.25. The summed E-state index contributed by atoms with van der Waals surface area (Å²) in [5, 5.41) is 10.2. The second-order valence-electron chi connectivity index (χ2n) is 8.21. The van der Waals surface area contributed by atoms with E-state index in [4.69, 9.17) is 16.6 Å². The molecule has 1 aliphatic rings. The number of carbonyl (C=O) groups excluding carboxylic acids is 1. The molecule has 5 nitrogen and oxygen atoms in total. The lowest BCUT2D eigenvalue weighted by atomic mass is 10.0. The third kappa shape index (κ3) is 5.57. The highest BCUT2D eigenvalue weighted by Crippen LogP contribution is 2.32. The molecule has 0 radical (unpaired) electrons. The van der Waals surface area contributed by atoms with Crippen LogP contribution in [0.5, 0.6) is 0 Å². The predicted molar refractivity (Wildman–Crippen MR) is 124 cm³/mol. The summed E-state index contributed by atoms with van der Waals surface area (Å²) < 4.78 is 13.2. The minimum atomic E-state index is -1.04. The molecule has 170 valence electrons. The molecule has 4 rings (SSSR count). The van der Waals surface area contributed by atoms with Crippen LogP contribution < -0.4 is 0 Å². The molecule has 0 saturated carbocycles. The highest BCUT2D eigenvalue weighted by Gasteiger charge is 2.31. The Morgan fingerprint density at radius 1 is 1.00 bits per heavy atom. The highest BCUT2D eigenvalue weighted by atomic mass is 35.5. The van der Waals surface area contributed by atoms with E-state index in [1.165, 1.54) is 12.1 Å². The Hall–Kier alpha value is -3.25. The largest absolute Gasteiger partial charge is 0.478 e. The number of nitrogens with zero attached hydrogens (tertiary/aromatic N) is 2. The van der Waals surface area contributed by atoms with Crippen LogP contribution in [0.4, 0.5) is 4.39 Å². The van der Waals surface area contributed by atoms with Crippen LogP contribution in [0.25, 0.3) is 0 Å². The maximum Gasteiger partial charge on any atom is 0.337 e. The average molecular weight is 467 g/mol. The molecule has 33 heavy (non-hydrogen) atoms. The van der Waals surface area contributed by atoms with E-state index in [9.17, 15) is 19.1 Å². The van der Waals surface area contributed by atoms with Crippen LogP contribution in [-0.4, -0.2) is 33.4 Å². The van der Waals surface area contributed by atoms with Gasteiger partial charge in [-0.05, 0) is 73.2 Å². The number of likely N-dealkylation sites (tertiary alicyclic amines) is 1. The van der Waals surface area contributed by atoms with E-state index in [0.717, 1.165) is 24.0 Å². The summed E-state index contributed by atoms with van der Waals surface area (Å²) in [5.41, 5.74) is 3.13. The van der Waals surface area contributed by atoms with Gasteiger partial charge in [0.15, 0.2) is 0 Å². The van der Waals surface area contributed by atoms with Gasteiger partial charge in [-0.25, -0.2) is 9.18 Å². The van der Waals surface area contributed by atoms with Gasteiger partial charge in [0.05, 0.1) is 29.4 Å². The number of carbonyl (C=O) groups is 2. The maximum atomic E-state index is 13.2. The SMILES string of the molecule is O=C(O)c1ccc([C@@H]2CCCN2C(=O)Cc2ccc(Cl)cc2)nc1CCc1ccc(F)cc1. The van der Waals surface area contributed by atoms with Crippen LogP contribution in [0.15, 0.2) is 60.7 Å². The monoisotopic (exact) mass is 466 g/mol. The van der Waals surface area contributed by atoms with Crippen molar-refractivity contribution in [3.63, 3.8) is 0 Å². The van der Waals surface area contributed by atoms with E-state index < -0.39 is 5.97 Å². The zero-order valence-electron chi connectivity index (χ0n) is 18.0. The fourth-order valence-corrected chi connectivity index (χ4v) is 4.38. The van der Waals surface area contributed by atoms with E-state index in [1.807, 2.05) is 17.0 Å². The van der Waals surface area contributed by atoms with E-state index in [1.54, 1.807) is 36.4 Å². The minimum absolute atomic E-state index is 0.0109. The zero-order valence-corrected chi connectivity index (χ0v) is 18.8. The Balaban J connectivity index is 1.53. The molecule has 1 amide bonds. The number of carboxylic acids is 1. The third-order valence-corrected chi connectivity index (χ3v) is 6.23. The van der Waals surface area contributed by atoms with Crippen molar-refractivity contribution in [2.45, 2.75) is 38.1 Å². The molecule has 1 atom stereocenters. The number of carboxylic acid groups (broad SMARTS) is 1. The van der Waals surface area contributed by atoms with E-state index in [-0.39, 0.29) is 29.8 Å². The van der Waals surface area contributed by atoms with Gasteiger partial charge >= 0.3 is 5.97 Å². The number of halogens is 2. The van der Waals surface area contributed by atoms with Crippen molar-refractivity contribution in [1.82, 2.24) is 9.88 Å². The third-order valence-electron chi connectivity index (χ3n) is 5.97. The Bertz CT molecular complexity index is 1150. The van der Waals surface area contributed by atoms with Gasteiger partial charge in [0.1, 0.15) is 5.82 Å². The Labute approximate surface area is 196 Å². The number of aromatic carboxylic acids is 1. The number of aryl methyl sites for hydroxylation is 2. The van der Waals surface area contributed by atoms with Crippen molar-refractivity contribution in [2.75, 3.05) is 6.54 Å². The number of hydrogen-bond acceptors (Lipinski definition) is 3. The molecule has 3 aromatic rings. The molecular formula is C26H24ClFN2O3. The van der Waals surface area contributed by atoms with E-state index in [2.05, 4.69) is 0 Å². The first kappa shape index (κ1) is 22.9. The van der Waals surface area contributed by atoms with Crippen LogP contribution >= 0.6 is 11.6 Å². The quantitative estimate of drug-likeness (QED) is 0.515. The average Bonchev–Trinajstić information content (AvgIpc) is 3.30. The van der Waals surface area contributed by atoms with Gasteiger partial charge in [-0.1, -0.05) is 35.9 Å². The maximum absolute atomic E-state index is 13.2. The zero-order chi connectivity index (χ0) is 23.4. The predicted octanol–water partition coefficient (Wildman–Crippen LogP) is 5.26. The summed E-state index contributed by atoms with van der Waals surface area (Å²) in [5.74, 6) is -1.34. The van der Waals surface area contributed by atoms with Crippen molar-refractivity contribution in [3.8, 4) is 0 Å². The Morgan fingerprint density at radius 2 is 1.70 bits per heavy atom. The lowest BCUT2D eigenvalue weighted by molar-refractivity contribution is -0.131. The van der Waals surface area contributed by atoms with E-state index >= 15 is 0 Å². The van der Waals surface area contributed by atoms with Crippen molar-refractivity contribution in [3.05, 3.63) is 99.6 Å². The molecule has 2 heterocycles. The lowest BCUT2D eigenvalue weighted by Crippen LogP contribution is -2.32. The topological polar surface area (TPSA) is 70.5 Å². The Morgan fingerprint density at radius 3 is 2.39 bits per heavy atom. The molecule has 1 aromatic heterocycles. The summed E-state index contributed by atoms with van der Waals surface area (Å²) in [6, 6.07) is 16.5. The first-order valence-corrected chi connectivity index (χ1v) is 11.3. The number of hydrogen-bond donors (Lipinski definition) is 1. The molecule has 7 heteroatoms. The van der Waals surface area contributed by atoms with Crippen LogP contribution in [-0.2, 0) is 24.1 Å². The van der Waals surface area contributed by atoms with E-state index in [0.29, 0.717) is 35.8 Å². The Kier molecular flexibility index (Phi) is 7.04. The van der Waals surface area contributed by atoms with Crippen LogP contribution in [0.3, 0.4) is 0 Å². The van der Waals surface area contributed by atoms with Crippen molar-refractivity contribution < 1.29 is 19.1 Å². The van der Waals surface area contributed by atoms with Gasteiger partial charge in [-0.2, -0.15) is 0 Å². The number of rotatable bonds is 7. The molecule has 0 bridgehead atoms. The molecule has 0 spiro atoms. The number of benzene rings is 2. The first-order valence-electron chi connectivity index (χ1n) is 10.9. The minimum Gasteiger partial charge on any atom is -0.478 e. The van der Waals surface area contributed by atoms with Gasteiger partial charge in [0.2, 0.25) is 5.91 Å². The number of aromatic nitrogens is 1. The van der Waals surface area contributed by atoms with Gasteiger partial charge in [-0.3, -0.25) is 9.78 Å². The van der Waals surface area contributed by atoms with Crippen molar-refractivity contribution >= 4 is 23.5 Å². The molecule has 0 aliphatic carbocycles. The summed E-state index contributed by atoms with van der Waals surface area (Å²) >= 11 is 5.94. The van der Waals surface area contributed by atoms with Crippen molar-refractivity contribution in [2.24, 2.45) is 0 Å².